The smallest absolute Gasteiger partial charge is 0.309 e. The van der Waals surface area contributed by atoms with Crippen LogP contribution in [0.3, 0.4) is 0 Å². The molecule has 0 aromatic rings. The molecule has 33 heavy (non-hydrogen) atoms. The van der Waals surface area contributed by atoms with Gasteiger partial charge in [0.05, 0.1) is 24.2 Å². The van der Waals surface area contributed by atoms with E-state index < -0.39 is 36.2 Å². The number of fused-ring (bicyclic) bond motifs is 5. The zero-order valence-electron chi connectivity index (χ0n) is 20.8. The van der Waals surface area contributed by atoms with E-state index in [1.165, 1.54) is 0 Å². The monoisotopic (exact) mass is 468 g/mol. The van der Waals surface area contributed by atoms with E-state index in [0.29, 0.717) is 6.42 Å². The molecule has 0 saturated heterocycles. The second-order valence-electron chi connectivity index (χ2n) is 12.6. The fraction of sp³-hybridized carbons (Fsp3) is 0.963. The molecule has 0 radical (unpaired) electrons. The zero-order valence-corrected chi connectivity index (χ0v) is 20.8. The summed E-state index contributed by atoms with van der Waals surface area (Å²) in [5, 5.41) is 43.2. The van der Waals surface area contributed by atoms with Crippen LogP contribution in [0.5, 0.6) is 0 Å². The van der Waals surface area contributed by atoms with E-state index in [0.717, 1.165) is 38.5 Å². The van der Waals surface area contributed by atoms with Crippen LogP contribution in [0.1, 0.15) is 79.1 Å². The van der Waals surface area contributed by atoms with Crippen LogP contribution in [0.2, 0.25) is 0 Å². The van der Waals surface area contributed by atoms with Crippen LogP contribution in [0.4, 0.5) is 4.39 Å². The molecule has 6 heteroatoms. The van der Waals surface area contributed by atoms with Crippen molar-refractivity contribution in [3.8, 4) is 0 Å². The summed E-state index contributed by atoms with van der Waals surface area (Å²) in [6.45, 7) is 7.82. The van der Waals surface area contributed by atoms with Crippen LogP contribution < -0.4 is 0 Å². The van der Waals surface area contributed by atoms with Gasteiger partial charge in [-0.1, -0.05) is 34.1 Å². The lowest BCUT2D eigenvalue weighted by Gasteiger charge is -2.65. The molecule has 0 aliphatic heterocycles. The molecule has 4 fully saturated rings. The molecule has 4 rings (SSSR count). The predicted octanol–water partition coefficient (Wildman–Crippen LogP) is 4.28. The van der Waals surface area contributed by atoms with Crippen molar-refractivity contribution in [3.05, 3.63) is 0 Å². The van der Waals surface area contributed by atoms with Crippen molar-refractivity contribution >= 4 is 5.97 Å². The minimum atomic E-state index is -1.08. The van der Waals surface area contributed by atoms with Crippen molar-refractivity contribution in [2.75, 3.05) is 6.67 Å². The molecule has 0 heterocycles. The number of alkyl halides is 1. The Labute approximate surface area is 198 Å². The van der Waals surface area contributed by atoms with E-state index in [-0.39, 0.29) is 59.4 Å². The Bertz CT molecular complexity index is 731. The van der Waals surface area contributed by atoms with Gasteiger partial charge in [0.2, 0.25) is 0 Å². The van der Waals surface area contributed by atoms with Gasteiger partial charge in [-0.2, -0.15) is 0 Å². The van der Waals surface area contributed by atoms with E-state index in [1.807, 2.05) is 6.92 Å². The molecule has 0 spiro atoms. The molecular formula is C27H45FO5. The van der Waals surface area contributed by atoms with Crippen molar-refractivity contribution in [1.82, 2.24) is 0 Å². The maximum absolute atomic E-state index is 13.4. The van der Waals surface area contributed by atoms with Crippen LogP contribution in [0.25, 0.3) is 0 Å². The van der Waals surface area contributed by atoms with Gasteiger partial charge < -0.3 is 20.4 Å². The molecule has 0 aromatic carbocycles. The summed E-state index contributed by atoms with van der Waals surface area (Å²) in [7, 11) is 0. The number of aliphatic hydroxyl groups excluding tert-OH is 3. The number of carbonyl (C=O) groups is 1. The lowest BCUT2D eigenvalue weighted by atomic mass is 9.41. The maximum Gasteiger partial charge on any atom is 0.309 e. The summed E-state index contributed by atoms with van der Waals surface area (Å²) >= 11 is 0. The van der Waals surface area contributed by atoms with Gasteiger partial charge in [-0.15, -0.1) is 0 Å². The largest absolute Gasteiger partial charge is 0.481 e. The van der Waals surface area contributed by atoms with Gasteiger partial charge in [0.15, 0.2) is 0 Å². The highest BCUT2D eigenvalue weighted by Gasteiger charge is 2.67. The maximum atomic E-state index is 13.4. The van der Waals surface area contributed by atoms with Gasteiger partial charge in [-0.05, 0) is 97.2 Å². The van der Waals surface area contributed by atoms with E-state index in [2.05, 4.69) is 20.8 Å². The fourth-order valence-electron chi connectivity index (χ4n) is 9.73. The van der Waals surface area contributed by atoms with E-state index in [9.17, 15) is 29.6 Å². The number of rotatable bonds is 6. The lowest BCUT2D eigenvalue weighted by molar-refractivity contribution is -0.228. The highest BCUT2D eigenvalue weighted by Crippen LogP contribution is 2.69. The normalized spacial score (nSPS) is 51.2. The van der Waals surface area contributed by atoms with Gasteiger partial charge in [0, 0.05) is 0 Å². The minimum absolute atomic E-state index is 0.00100. The summed E-state index contributed by atoms with van der Waals surface area (Å²) < 4.78 is 13.4. The first-order valence-electron chi connectivity index (χ1n) is 13.3. The van der Waals surface area contributed by atoms with Crippen molar-refractivity contribution < 1.29 is 29.6 Å². The zero-order chi connectivity index (χ0) is 24.3. The summed E-state index contributed by atoms with van der Waals surface area (Å²) in [5.41, 5.74) is -0.380. The fourth-order valence-corrected chi connectivity index (χ4v) is 9.73. The molecular weight excluding hydrogens is 423 g/mol. The van der Waals surface area contributed by atoms with Gasteiger partial charge >= 0.3 is 5.97 Å². The number of carboxylic acid groups (broad SMARTS) is 1. The average Bonchev–Trinajstić information content (AvgIpc) is 3.12. The topological polar surface area (TPSA) is 98.0 Å². The molecule has 0 amide bonds. The van der Waals surface area contributed by atoms with Crippen molar-refractivity contribution in [1.29, 1.82) is 0 Å². The highest BCUT2D eigenvalue weighted by molar-refractivity contribution is 5.70. The number of halogens is 1. The third-order valence-corrected chi connectivity index (χ3v) is 11.4. The Morgan fingerprint density at radius 2 is 1.76 bits per heavy atom. The number of hydrogen-bond acceptors (Lipinski definition) is 4. The van der Waals surface area contributed by atoms with E-state index in [1.54, 1.807) is 0 Å². The molecule has 4 aliphatic carbocycles. The van der Waals surface area contributed by atoms with Gasteiger partial charge in [0.1, 0.15) is 6.67 Å². The van der Waals surface area contributed by atoms with Crippen LogP contribution in [0, 0.1) is 58.2 Å². The third kappa shape index (κ3) is 3.78. The molecule has 190 valence electrons. The molecule has 0 bridgehead atoms. The average molecular weight is 469 g/mol. The second kappa shape index (κ2) is 9.05. The quantitative estimate of drug-likeness (QED) is 0.466. The number of carboxylic acids is 1. The molecule has 4 saturated carbocycles. The first-order chi connectivity index (χ1) is 15.5. The Hall–Kier alpha value is -0.720. The number of aliphatic hydroxyl groups is 3. The summed E-state index contributed by atoms with van der Waals surface area (Å²) in [5.74, 6) is -0.991. The first kappa shape index (κ1) is 25.4. The van der Waals surface area contributed by atoms with Crippen molar-refractivity contribution in [2.24, 2.45) is 58.2 Å². The Balaban J connectivity index is 1.65. The summed E-state index contributed by atoms with van der Waals surface area (Å²) in [6, 6.07) is 0. The number of aliphatic carboxylic acids is 1. The van der Waals surface area contributed by atoms with Crippen LogP contribution in [0.15, 0.2) is 0 Å². The molecule has 4 aliphatic rings. The van der Waals surface area contributed by atoms with E-state index >= 15 is 0 Å². The number of hydrogen-bond donors (Lipinski definition) is 4. The standard InChI is InChI=1S/C27H45FO5/c1-5-17-20-11-16(29)8-9-26(20,3)21-12-22(30)27(4)18(6-7-19(27)23(21)24(17)31)14(2)10-15(13-28)25(32)33/h14-24,29-31H,5-13H2,1-4H3,(H,32,33)/t14-,15+,16-,17-,18-,19+,20+,21+,22+,23+,24-,26+,27-/m1/s1. The van der Waals surface area contributed by atoms with E-state index in [4.69, 9.17) is 0 Å². The second-order valence-corrected chi connectivity index (χ2v) is 12.6. The molecule has 5 nitrogen and oxygen atoms in total. The van der Waals surface area contributed by atoms with Gasteiger partial charge in [0.25, 0.3) is 0 Å². The Kier molecular flexibility index (Phi) is 6.96. The SMILES string of the molecule is CC[C@H]1[C@@H](O)[C@@H]2[C@H](C[C@H](O)[C@]3(C)[C@@H]([C@H](C)C[C@@H](CF)C(=O)O)CC[C@@H]23)[C@@]2(C)CC[C@@H](O)C[C@@H]12. The van der Waals surface area contributed by atoms with Crippen molar-refractivity contribution in [2.45, 2.75) is 97.4 Å². The highest BCUT2D eigenvalue weighted by atomic mass is 19.1. The molecule has 13 atom stereocenters. The van der Waals surface area contributed by atoms with Crippen molar-refractivity contribution in [3.63, 3.8) is 0 Å². The molecule has 4 N–H and O–H groups in total. The van der Waals surface area contributed by atoms with Gasteiger partial charge in [-0.25, -0.2) is 0 Å². The third-order valence-electron chi connectivity index (χ3n) is 11.4. The van der Waals surface area contributed by atoms with Crippen LogP contribution in [-0.4, -0.2) is 51.4 Å². The molecule has 0 aromatic heterocycles. The Morgan fingerprint density at radius 3 is 2.36 bits per heavy atom. The molecule has 0 unspecified atom stereocenters. The summed E-state index contributed by atoms with van der Waals surface area (Å²) in [6.07, 6.45) is 4.88. The predicted molar refractivity (Wildman–Crippen MR) is 124 cm³/mol. The summed E-state index contributed by atoms with van der Waals surface area (Å²) in [4.78, 5) is 11.5. The van der Waals surface area contributed by atoms with Crippen LogP contribution in [-0.2, 0) is 4.79 Å². The van der Waals surface area contributed by atoms with Gasteiger partial charge in [-0.3, -0.25) is 9.18 Å². The van der Waals surface area contributed by atoms with Crippen LogP contribution >= 0.6 is 0 Å². The lowest BCUT2D eigenvalue weighted by Crippen LogP contribution is -2.65. The Morgan fingerprint density at radius 1 is 1.06 bits per heavy atom. The first-order valence-corrected chi connectivity index (χ1v) is 13.3. The minimum Gasteiger partial charge on any atom is -0.481 e.